The summed E-state index contributed by atoms with van der Waals surface area (Å²) in [5, 5.41) is 9.92. The van der Waals surface area contributed by atoms with Crippen LogP contribution in [0.25, 0.3) is 0 Å². The molecule has 2 heterocycles. The van der Waals surface area contributed by atoms with Crippen LogP contribution in [0.3, 0.4) is 0 Å². The molecular weight excluding hydrogens is 336 g/mol. The third-order valence-corrected chi connectivity index (χ3v) is 5.84. The van der Waals surface area contributed by atoms with Crippen molar-refractivity contribution in [2.24, 2.45) is 5.92 Å². The number of hydrogen-bond donors (Lipinski definition) is 1. The first kappa shape index (κ1) is 18.2. The summed E-state index contributed by atoms with van der Waals surface area (Å²) in [4.78, 5) is 32.1. The molecule has 26 heavy (non-hydrogen) atoms. The van der Waals surface area contributed by atoms with E-state index < -0.39 is 0 Å². The van der Waals surface area contributed by atoms with Crippen molar-refractivity contribution < 1.29 is 19.4 Å². The molecule has 0 saturated carbocycles. The zero-order valence-corrected chi connectivity index (χ0v) is 16.0. The number of ether oxygens (including phenoxy) is 1. The molecular formula is C18H26N4O4. The number of methoxy groups -OCH3 is 1. The van der Waals surface area contributed by atoms with Gasteiger partial charge < -0.3 is 29.4 Å². The van der Waals surface area contributed by atoms with Gasteiger partial charge in [-0.15, -0.1) is 0 Å². The molecule has 0 aromatic heterocycles. The number of phenols is 1. The third kappa shape index (κ3) is 2.43. The fourth-order valence-corrected chi connectivity index (χ4v) is 4.31. The number of carbonyl (C=O) groups is 2. The molecule has 1 N–H and O–H groups in total. The molecule has 1 aromatic rings. The second kappa shape index (κ2) is 6.26. The number of carbonyl (C=O) groups excluding carboxylic acids is 2. The number of aromatic hydroxyl groups is 1. The predicted octanol–water partition coefficient (Wildman–Crippen LogP) is 1.77. The third-order valence-electron chi connectivity index (χ3n) is 5.84. The van der Waals surface area contributed by atoms with Crippen LogP contribution < -0.4 is 4.74 Å². The molecule has 142 valence electrons. The summed E-state index contributed by atoms with van der Waals surface area (Å²) in [7, 11) is 8.50. The van der Waals surface area contributed by atoms with Gasteiger partial charge in [-0.3, -0.25) is 0 Å². The molecule has 4 amide bonds. The average Bonchev–Trinajstić information content (AvgIpc) is 2.63. The molecule has 2 fully saturated rings. The number of urea groups is 2. The normalized spacial score (nSPS) is 29.2. The van der Waals surface area contributed by atoms with E-state index in [9.17, 15) is 14.7 Å². The summed E-state index contributed by atoms with van der Waals surface area (Å²) in [5.41, 5.74) is 0.863. The maximum Gasteiger partial charge on any atom is 0.321 e. The van der Waals surface area contributed by atoms with Crippen molar-refractivity contribution in [2.75, 3.05) is 35.3 Å². The van der Waals surface area contributed by atoms with Gasteiger partial charge in [-0.25, -0.2) is 9.59 Å². The Morgan fingerprint density at radius 1 is 0.962 bits per heavy atom. The van der Waals surface area contributed by atoms with Gasteiger partial charge in [0.05, 0.1) is 13.2 Å². The van der Waals surface area contributed by atoms with E-state index in [0.29, 0.717) is 5.75 Å². The minimum Gasteiger partial charge on any atom is -0.504 e. The maximum atomic E-state index is 12.8. The standard InChI is InChI=1S/C18H26N4O4/c1-10-14-15(11-7-8-12(23)13(9-11)26-6)20(3)18(25)22(5)16(14)21(4)17(24)19(10)2/h7-10,14-16,23H,1-6H3/t10-,14+,15-,16+/m0/s1. The average molecular weight is 362 g/mol. The second-order valence-corrected chi connectivity index (χ2v) is 7.12. The van der Waals surface area contributed by atoms with Crippen LogP contribution in [0.1, 0.15) is 18.5 Å². The Bertz CT molecular complexity index is 736. The molecule has 2 aliphatic rings. The van der Waals surface area contributed by atoms with Crippen molar-refractivity contribution in [1.29, 1.82) is 0 Å². The molecule has 0 radical (unpaired) electrons. The lowest BCUT2D eigenvalue weighted by Gasteiger charge is -2.57. The minimum atomic E-state index is -0.345. The van der Waals surface area contributed by atoms with Gasteiger partial charge in [0.2, 0.25) is 0 Å². The lowest BCUT2D eigenvalue weighted by Crippen LogP contribution is -2.71. The summed E-state index contributed by atoms with van der Waals surface area (Å²) in [6.07, 6.45) is -0.345. The number of fused-ring (bicyclic) bond motifs is 1. The molecule has 8 heteroatoms. The maximum absolute atomic E-state index is 12.8. The van der Waals surface area contributed by atoms with Crippen molar-refractivity contribution in [3.05, 3.63) is 23.8 Å². The first-order valence-electron chi connectivity index (χ1n) is 8.56. The van der Waals surface area contributed by atoms with Crippen LogP contribution >= 0.6 is 0 Å². The number of phenolic OH excluding ortho intramolecular Hbond substituents is 1. The van der Waals surface area contributed by atoms with Crippen LogP contribution in [0.5, 0.6) is 11.5 Å². The molecule has 1 aromatic carbocycles. The van der Waals surface area contributed by atoms with Gasteiger partial charge in [0, 0.05) is 40.2 Å². The second-order valence-electron chi connectivity index (χ2n) is 7.12. The monoisotopic (exact) mass is 362 g/mol. The van der Waals surface area contributed by atoms with Gasteiger partial charge in [0.25, 0.3) is 0 Å². The first-order valence-corrected chi connectivity index (χ1v) is 8.56. The lowest BCUT2D eigenvalue weighted by atomic mass is 9.80. The Morgan fingerprint density at radius 2 is 1.54 bits per heavy atom. The summed E-state index contributed by atoms with van der Waals surface area (Å²) >= 11 is 0. The number of nitrogens with zero attached hydrogens (tertiary/aromatic N) is 4. The van der Waals surface area contributed by atoms with Crippen molar-refractivity contribution >= 4 is 12.1 Å². The highest BCUT2D eigenvalue weighted by atomic mass is 16.5. The van der Waals surface area contributed by atoms with E-state index in [2.05, 4.69) is 0 Å². The Morgan fingerprint density at radius 3 is 2.12 bits per heavy atom. The fourth-order valence-electron chi connectivity index (χ4n) is 4.31. The van der Waals surface area contributed by atoms with Crippen molar-refractivity contribution in [1.82, 2.24) is 19.6 Å². The first-order chi connectivity index (χ1) is 12.2. The van der Waals surface area contributed by atoms with E-state index in [-0.39, 0.29) is 42.0 Å². The molecule has 4 atom stereocenters. The Hall–Kier alpha value is -2.64. The molecule has 0 spiro atoms. The van der Waals surface area contributed by atoms with Gasteiger partial charge in [0.15, 0.2) is 11.5 Å². The number of hydrogen-bond acceptors (Lipinski definition) is 4. The van der Waals surface area contributed by atoms with E-state index in [4.69, 9.17) is 4.74 Å². The molecule has 0 aliphatic carbocycles. The van der Waals surface area contributed by atoms with Crippen LogP contribution in [0.4, 0.5) is 9.59 Å². The molecule has 3 rings (SSSR count). The quantitative estimate of drug-likeness (QED) is 0.870. The molecule has 2 saturated heterocycles. The van der Waals surface area contributed by atoms with Crippen LogP contribution in [0.15, 0.2) is 18.2 Å². The van der Waals surface area contributed by atoms with Gasteiger partial charge in [-0.2, -0.15) is 0 Å². The smallest absolute Gasteiger partial charge is 0.321 e. The Labute approximate surface area is 153 Å². The highest BCUT2D eigenvalue weighted by molar-refractivity contribution is 5.80. The van der Waals surface area contributed by atoms with Crippen LogP contribution in [-0.4, -0.2) is 84.3 Å². The summed E-state index contributed by atoms with van der Waals surface area (Å²) in [5.74, 6) is 0.375. The van der Waals surface area contributed by atoms with Crippen LogP contribution in [-0.2, 0) is 0 Å². The van der Waals surface area contributed by atoms with Gasteiger partial charge >= 0.3 is 12.1 Å². The van der Waals surface area contributed by atoms with Crippen LogP contribution in [0.2, 0.25) is 0 Å². The van der Waals surface area contributed by atoms with E-state index in [1.54, 1.807) is 66.0 Å². The predicted molar refractivity (Wildman–Crippen MR) is 96.0 cm³/mol. The largest absolute Gasteiger partial charge is 0.504 e. The lowest BCUT2D eigenvalue weighted by molar-refractivity contribution is -0.0652. The SMILES string of the molecule is COc1cc([C@H]2[C@@H]3[C@H](N(C)C(=O)N(C)[C@H]3C)N(C)C(=O)N2C)ccc1O. The Kier molecular flexibility index (Phi) is 4.37. The van der Waals surface area contributed by atoms with E-state index >= 15 is 0 Å². The molecule has 2 aliphatic heterocycles. The Balaban J connectivity index is 2.13. The number of rotatable bonds is 2. The topological polar surface area (TPSA) is 76.6 Å². The van der Waals surface area contributed by atoms with E-state index in [0.717, 1.165) is 5.56 Å². The summed E-state index contributed by atoms with van der Waals surface area (Å²) in [6, 6.07) is 4.54. The molecule has 0 unspecified atom stereocenters. The highest BCUT2D eigenvalue weighted by Gasteiger charge is 2.54. The van der Waals surface area contributed by atoms with E-state index in [1.807, 2.05) is 6.92 Å². The van der Waals surface area contributed by atoms with Crippen molar-refractivity contribution in [3.63, 3.8) is 0 Å². The van der Waals surface area contributed by atoms with E-state index in [1.165, 1.54) is 7.11 Å². The summed E-state index contributed by atoms with van der Waals surface area (Å²) in [6.45, 7) is 2.00. The zero-order chi connectivity index (χ0) is 19.3. The van der Waals surface area contributed by atoms with Crippen molar-refractivity contribution in [2.45, 2.75) is 25.2 Å². The molecule has 0 bridgehead atoms. The fraction of sp³-hybridized carbons (Fsp3) is 0.556. The number of amides is 4. The van der Waals surface area contributed by atoms with Gasteiger partial charge in [-0.05, 0) is 24.6 Å². The number of benzene rings is 1. The zero-order valence-electron chi connectivity index (χ0n) is 16.0. The molecule has 8 nitrogen and oxygen atoms in total. The minimum absolute atomic E-state index is 0.0374. The van der Waals surface area contributed by atoms with Gasteiger partial charge in [-0.1, -0.05) is 6.07 Å². The highest BCUT2D eigenvalue weighted by Crippen LogP contribution is 2.44. The van der Waals surface area contributed by atoms with Crippen LogP contribution in [0, 0.1) is 5.92 Å². The van der Waals surface area contributed by atoms with Crippen molar-refractivity contribution in [3.8, 4) is 11.5 Å². The summed E-state index contributed by atoms with van der Waals surface area (Å²) < 4.78 is 5.24. The van der Waals surface area contributed by atoms with Gasteiger partial charge in [0.1, 0.15) is 6.17 Å².